The SMILES string of the molecule is Nc1cc(Cl)nc(Sc2ccccc2Cl)c1. The van der Waals surface area contributed by atoms with Crippen LogP contribution >= 0.6 is 35.0 Å². The van der Waals surface area contributed by atoms with Gasteiger partial charge in [-0.05, 0) is 24.3 Å². The molecule has 0 unspecified atom stereocenters. The number of halogens is 2. The van der Waals surface area contributed by atoms with Gasteiger partial charge in [-0.1, -0.05) is 47.1 Å². The molecule has 1 heterocycles. The van der Waals surface area contributed by atoms with Crippen molar-refractivity contribution in [2.45, 2.75) is 9.92 Å². The van der Waals surface area contributed by atoms with Crippen molar-refractivity contribution in [2.75, 3.05) is 5.73 Å². The first-order valence-corrected chi connectivity index (χ1v) is 6.08. The summed E-state index contributed by atoms with van der Waals surface area (Å²) in [4.78, 5) is 5.09. The number of aromatic nitrogens is 1. The molecular weight excluding hydrogens is 263 g/mol. The van der Waals surface area contributed by atoms with E-state index in [1.165, 1.54) is 11.8 Å². The first-order chi connectivity index (χ1) is 7.65. The van der Waals surface area contributed by atoms with E-state index in [9.17, 15) is 0 Å². The van der Waals surface area contributed by atoms with E-state index in [1.807, 2.05) is 24.3 Å². The highest BCUT2D eigenvalue weighted by molar-refractivity contribution is 7.99. The lowest BCUT2D eigenvalue weighted by Crippen LogP contribution is -1.88. The third-order valence-corrected chi connectivity index (χ3v) is 3.47. The number of anilines is 1. The Balaban J connectivity index is 2.30. The van der Waals surface area contributed by atoms with E-state index >= 15 is 0 Å². The smallest absolute Gasteiger partial charge is 0.132 e. The Bertz CT molecular complexity index is 497. The number of nitrogens with two attached hydrogens (primary N) is 1. The molecule has 0 aliphatic heterocycles. The molecule has 0 bridgehead atoms. The van der Waals surface area contributed by atoms with Gasteiger partial charge in [0.2, 0.25) is 0 Å². The van der Waals surface area contributed by atoms with E-state index in [1.54, 1.807) is 12.1 Å². The molecule has 5 heteroatoms. The summed E-state index contributed by atoms with van der Waals surface area (Å²) in [6, 6.07) is 10.9. The molecule has 0 radical (unpaired) electrons. The number of rotatable bonds is 2. The predicted octanol–water partition coefficient (Wildman–Crippen LogP) is 4.12. The van der Waals surface area contributed by atoms with Crippen molar-refractivity contribution in [1.29, 1.82) is 0 Å². The zero-order valence-corrected chi connectivity index (χ0v) is 10.5. The van der Waals surface area contributed by atoms with Gasteiger partial charge in [-0.3, -0.25) is 0 Å². The molecule has 82 valence electrons. The van der Waals surface area contributed by atoms with Crippen LogP contribution in [-0.2, 0) is 0 Å². The van der Waals surface area contributed by atoms with Crippen LogP contribution in [0.1, 0.15) is 0 Å². The van der Waals surface area contributed by atoms with Gasteiger partial charge in [0.05, 0.1) is 5.02 Å². The maximum absolute atomic E-state index is 6.04. The van der Waals surface area contributed by atoms with Crippen molar-refractivity contribution in [3.8, 4) is 0 Å². The largest absolute Gasteiger partial charge is 0.399 e. The van der Waals surface area contributed by atoms with Crippen molar-refractivity contribution in [2.24, 2.45) is 0 Å². The van der Waals surface area contributed by atoms with Gasteiger partial charge in [0.25, 0.3) is 0 Å². The second-order valence-electron chi connectivity index (χ2n) is 3.09. The van der Waals surface area contributed by atoms with Crippen LogP contribution in [0.2, 0.25) is 10.2 Å². The maximum Gasteiger partial charge on any atom is 0.132 e. The maximum atomic E-state index is 6.04. The topological polar surface area (TPSA) is 38.9 Å². The molecule has 0 aliphatic rings. The summed E-state index contributed by atoms with van der Waals surface area (Å²) in [5.41, 5.74) is 6.27. The molecule has 2 aromatic rings. The summed E-state index contributed by atoms with van der Waals surface area (Å²) in [6.45, 7) is 0. The van der Waals surface area contributed by atoms with Gasteiger partial charge in [-0.25, -0.2) is 4.98 Å². The van der Waals surface area contributed by atoms with E-state index in [4.69, 9.17) is 28.9 Å². The average Bonchev–Trinajstić information content (AvgIpc) is 2.20. The molecule has 0 aliphatic carbocycles. The van der Waals surface area contributed by atoms with Crippen molar-refractivity contribution in [3.05, 3.63) is 46.6 Å². The molecule has 0 fully saturated rings. The predicted molar refractivity (Wildman–Crippen MR) is 69.2 cm³/mol. The Morgan fingerprint density at radius 3 is 2.56 bits per heavy atom. The Morgan fingerprint density at radius 2 is 1.88 bits per heavy atom. The first-order valence-electron chi connectivity index (χ1n) is 4.50. The molecule has 2 nitrogen and oxygen atoms in total. The molecule has 0 saturated heterocycles. The quantitative estimate of drug-likeness (QED) is 0.835. The highest BCUT2D eigenvalue weighted by atomic mass is 35.5. The van der Waals surface area contributed by atoms with Crippen LogP contribution < -0.4 is 5.73 Å². The Kier molecular flexibility index (Phi) is 3.59. The minimum Gasteiger partial charge on any atom is -0.399 e. The van der Waals surface area contributed by atoms with Gasteiger partial charge in [0.15, 0.2) is 0 Å². The summed E-state index contributed by atoms with van der Waals surface area (Å²) < 4.78 is 0. The van der Waals surface area contributed by atoms with Gasteiger partial charge in [0.1, 0.15) is 10.2 Å². The van der Waals surface area contributed by atoms with E-state index in [-0.39, 0.29) is 0 Å². The Morgan fingerprint density at radius 1 is 1.12 bits per heavy atom. The fourth-order valence-electron chi connectivity index (χ4n) is 1.18. The minimum absolute atomic E-state index is 0.384. The van der Waals surface area contributed by atoms with Crippen LogP contribution in [0, 0.1) is 0 Å². The molecule has 0 amide bonds. The second kappa shape index (κ2) is 4.95. The summed E-state index contributed by atoms with van der Waals surface area (Å²) in [6.07, 6.45) is 0. The van der Waals surface area contributed by atoms with Gasteiger partial charge >= 0.3 is 0 Å². The normalized spacial score (nSPS) is 10.4. The summed E-state index contributed by atoms with van der Waals surface area (Å²) in [5, 5.41) is 1.81. The number of nitrogens with zero attached hydrogens (tertiary/aromatic N) is 1. The molecule has 16 heavy (non-hydrogen) atoms. The lowest BCUT2D eigenvalue weighted by atomic mass is 10.4. The highest BCUT2D eigenvalue weighted by Crippen LogP contribution is 2.33. The Labute approximate surface area is 108 Å². The summed E-state index contributed by atoms with van der Waals surface area (Å²) in [5.74, 6) is 0. The molecule has 0 spiro atoms. The number of pyridine rings is 1. The van der Waals surface area contributed by atoms with Crippen molar-refractivity contribution in [1.82, 2.24) is 4.98 Å². The zero-order valence-electron chi connectivity index (χ0n) is 8.15. The van der Waals surface area contributed by atoms with E-state index in [2.05, 4.69) is 4.98 Å². The fourth-order valence-corrected chi connectivity index (χ4v) is 2.58. The molecule has 1 aromatic heterocycles. The van der Waals surface area contributed by atoms with Crippen molar-refractivity contribution in [3.63, 3.8) is 0 Å². The zero-order chi connectivity index (χ0) is 11.5. The Hall–Kier alpha value is -0.900. The van der Waals surface area contributed by atoms with Crippen LogP contribution in [-0.4, -0.2) is 4.98 Å². The van der Waals surface area contributed by atoms with Crippen LogP contribution in [0.25, 0.3) is 0 Å². The standard InChI is InChI=1S/C11H8Cl2N2S/c12-8-3-1-2-4-9(8)16-11-6-7(14)5-10(13)15-11/h1-6H,(H2,14,15). The molecular formula is C11H8Cl2N2S. The van der Waals surface area contributed by atoms with E-state index in [0.717, 1.165) is 9.92 Å². The summed E-state index contributed by atoms with van der Waals surface area (Å²) >= 11 is 13.3. The third-order valence-electron chi connectivity index (χ3n) is 1.84. The van der Waals surface area contributed by atoms with E-state index in [0.29, 0.717) is 15.9 Å². The van der Waals surface area contributed by atoms with Gasteiger partial charge in [0, 0.05) is 10.6 Å². The van der Waals surface area contributed by atoms with Gasteiger partial charge in [-0.15, -0.1) is 0 Å². The molecule has 1 aromatic carbocycles. The lowest BCUT2D eigenvalue weighted by Gasteiger charge is -2.04. The molecule has 0 atom stereocenters. The summed E-state index contributed by atoms with van der Waals surface area (Å²) in [7, 11) is 0. The van der Waals surface area contributed by atoms with Gasteiger partial charge < -0.3 is 5.73 Å². The number of benzene rings is 1. The van der Waals surface area contributed by atoms with Crippen LogP contribution in [0.4, 0.5) is 5.69 Å². The highest BCUT2D eigenvalue weighted by Gasteiger charge is 2.04. The second-order valence-corrected chi connectivity index (χ2v) is 4.95. The number of hydrogen-bond donors (Lipinski definition) is 1. The molecule has 2 rings (SSSR count). The lowest BCUT2D eigenvalue weighted by molar-refractivity contribution is 1.14. The van der Waals surface area contributed by atoms with Crippen LogP contribution in [0.5, 0.6) is 0 Å². The van der Waals surface area contributed by atoms with Gasteiger partial charge in [-0.2, -0.15) is 0 Å². The van der Waals surface area contributed by atoms with E-state index < -0.39 is 0 Å². The van der Waals surface area contributed by atoms with Crippen molar-refractivity contribution < 1.29 is 0 Å². The molecule has 2 N–H and O–H groups in total. The first kappa shape index (κ1) is 11.6. The number of hydrogen-bond acceptors (Lipinski definition) is 3. The fraction of sp³-hybridized carbons (Fsp3) is 0. The van der Waals surface area contributed by atoms with Crippen LogP contribution in [0.3, 0.4) is 0 Å². The number of nitrogen functional groups attached to an aromatic ring is 1. The molecule has 0 saturated carbocycles. The minimum atomic E-state index is 0.384. The monoisotopic (exact) mass is 270 g/mol. The average molecular weight is 271 g/mol. The third kappa shape index (κ3) is 2.82. The van der Waals surface area contributed by atoms with Crippen LogP contribution in [0.15, 0.2) is 46.3 Å². The van der Waals surface area contributed by atoms with Crippen molar-refractivity contribution >= 4 is 40.7 Å².